The van der Waals surface area contributed by atoms with Gasteiger partial charge in [-0.3, -0.25) is 20.0 Å². The Morgan fingerprint density at radius 2 is 2.00 bits per heavy atom. The lowest BCUT2D eigenvalue weighted by atomic mass is 9.84. The molecule has 0 amide bonds. The number of alkyl halides is 3. The van der Waals surface area contributed by atoms with Gasteiger partial charge in [0.05, 0.1) is 35.2 Å². The van der Waals surface area contributed by atoms with Gasteiger partial charge in [-0.1, -0.05) is 0 Å². The van der Waals surface area contributed by atoms with Gasteiger partial charge in [0.2, 0.25) is 0 Å². The van der Waals surface area contributed by atoms with Crippen LogP contribution >= 0.6 is 0 Å². The molecular formula is C14H12F3N3O6. The van der Waals surface area contributed by atoms with Crippen LogP contribution in [0.25, 0.3) is 10.9 Å². The van der Waals surface area contributed by atoms with Gasteiger partial charge in [0, 0.05) is 5.39 Å². The number of aliphatic hydroxyl groups is 1. The molecular weight excluding hydrogens is 363 g/mol. The van der Waals surface area contributed by atoms with Gasteiger partial charge < -0.3 is 9.84 Å². The van der Waals surface area contributed by atoms with E-state index in [1.54, 1.807) is 0 Å². The molecule has 0 saturated heterocycles. The normalized spacial score (nSPS) is 15.3. The van der Waals surface area contributed by atoms with Crippen LogP contribution in [0, 0.1) is 10.1 Å². The number of ketones is 1. The van der Waals surface area contributed by atoms with Crippen LogP contribution in [0.2, 0.25) is 0 Å². The van der Waals surface area contributed by atoms with E-state index in [0.717, 1.165) is 26.2 Å². The van der Waals surface area contributed by atoms with Crippen molar-refractivity contribution in [3.8, 4) is 0 Å². The van der Waals surface area contributed by atoms with Crippen molar-refractivity contribution >= 4 is 22.7 Å². The van der Waals surface area contributed by atoms with Crippen LogP contribution in [-0.4, -0.2) is 51.0 Å². The maximum atomic E-state index is 12.8. The molecule has 2 aromatic rings. The number of methoxy groups -OCH3 is 1. The van der Waals surface area contributed by atoms with Gasteiger partial charge in [0.25, 0.3) is 0 Å². The number of carbonyl (C=O) groups excluding carboxylic acids is 2. The fraction of sp³-hybridized carbons (Fsp3) is 0.357. The second kappa shape index (κ2) is 6.37. The van der Waals surface area contributed by atoms with Gasteiger partial charge in [-0.05, 0) is 24.6 Å². The van der Waals surface area contributed by atoms with E-state index >= 15 is 0 Å². The number of nitrogens with one attached hydrogen (secondary N) is 1. The van der Waals surface area contributed by atoms with Gasteiger partial charge in [0.15, 0.2) is 0 Å². The molecule has 2 atom stereocenters. The summed E-state index contributed by atoms with van der Waals surface area (Å²) in [6.07, 6.45) is -4.41. The van der Waals surface area contributed by atoms with Crippen molar-refractivity contribution in [3.63, 3.8) is 0 Å². The summed E-state index contributed by atoms with van der Waals surface area (Å²) in [5.41, 5.74) is -4.46. The third-order valence-corrected chi connectivity index (χ3v) is 3.96. The predicted molar refractivity (Wildman–Crippen MR) is 78.9 cm³/mol. The summed E-state index contributed by atoms with van der Waals surface area (Å²) in [5, 5.41) is 27.7. The summed E-state index contributed by atoms with van der Waals surface area (Å²) in [6.45, 7) is 0.833. The molecule has 2 unspecified atom stereocenters. The summed E-state index contributed by atoms with van der Waals surface area (Å²) in [5.74, 6) is -6.00. The highest BCUT2D eigenvalue weighted by Gasteiger charge is 2.65. The van der Waals surface area contributed by atoms with Gasteiger partial charge in [0.1, 0.15) is 0 Å². The van der Waals surface area contributed by atoms with Crippen molar-refractivity contribution in [2.24, 2.45) is 0 Å². The number of rotatable bonds is 5. The Bertz CT molecular complexity index is 894. The van der Waals surface area contributed by atoms with Crippen LogP contribution in [0.5, 0.6) is 0 Å². The van der Waals surface area contributed by atoms with E-state index in [0.29, 0.717) is 10.9 Å². The first-order valence-electron chi connectivity index (χ1n) is 6.98. The first-order chi connectivity index (χ1) is 11.9. The topological polar surface area (TPSA) is 135 Å². The summed E-state index contributed by atoms with van der Waals surface area (Å²) in [4.78, 5) is 33.0. The largest absolute Gasteiger partial charge is 0.465 e. The maximum absolute atomic E-state index is 12.8. The quantitative estimate of drug-likeness (QED) is 0.350. The molecule has 1 aromatic heterocycles. The SMILES string of the molecule is COC(=O)c1cc2[nH]ncc2cc1C(C)C(O)(C(=O)C(F)(F)F)[N+](=O)[O-]. The van der Waals surface area contributed by atoms with Crippen molar-refractivity contribution < 1.29 is 37.5 Å². The van der Waals surface area contributed by atoms with Gasteiger partial charge in [-0.15, -0.1) is 0 Å². The highest BCUT2D eigenvalue weighted by Crippen LogP contribution is 2.38. The van der Waals surface area contributed by atoms with Crippen LogP contribution in [0.4, 0.5) is 13.2 Å². The van der Waals surface area contributed by atoms with Crippen LogP contribution < -0.4 is 0 Å². The standard InChI is InChI=1S/C14H12F3N3O6/c1-6(13(23,20(24)25)12(22)14(15,16)17)8-3-7-5-18-19-10(7)4-9(8)11(21)26-2/h3-6,23H,1-2H3,(H,18,19). The molecule has 140 valence electrons. The average molecular weight is 375 g/mol. The fourth-order valence-electron chi connectivity index (χ4n) is 2.52. The Labute approximate surface area is 142 Å². The number of Topliss-reactive ketones (excluding diaryl/α,β-unsaturated/α-hetero) is 1. The Morgan fingerprint density at radius 3 is 2.50 bits per heavy atom. The molecule has 0 aliphatic carbocycles. The number of H-pyrrole nitrogens is 1. The Morgan fingerprint density at radius 1 is 1.38 bits per heavy atom. The van der Waals surface area contributed by atoms with E-state index in [-0.39, 0.29) is 11.1 Å². The Hall–Kier alpha value is -3.02. The molecule has 12 heteroatoms. The molecule has 0 fully saturated rings. The molecule has 2 N–H and O–H groups in total. The monoisotopic (exact) mass is 375 g/mol. The van der Waals surface area contributed by atoms with Gasteiger partial charge >= 0.3 is 23.7 Å². The molecule has 0 aliphatic heterocycles. The molecule has 0 bridgehead atoms. The number of carbonyl (C=O) groups is 2. The lowest BCUT2D eigenvalue weighted by molar-refractivity contribution is -0.610. The number of fused-ring (bicyclic) bond motifs is 1. The molecule has 1 aromatic carbocycles. The van der Waals surface area contributed by atoms with Crippen molar-refractivity contribution in [2.75, 3.05) is 7.11 Å². The lowest BCUT2D eigenvalue weighted by Gasteiger charge is -2.26. The van der Waals surface area contributed by atoms with Crippen molar-refractivity contribution in [3.05, 3.63) is 39.6 Å². The van der Waals surface area contributed by atoms with Crippen molar-refractivity contribution in [2.45, 2.75) is 24.7 Å². The summed E-state index contributed by atoms with van der Waals surface area (Å²) >= 11 is 0. The third-order valence-electron chi connectivity index (χ3n) is 3.96. The fourth-order valence-corrected chi connectivity index (χ4v) is 2.52. The molecule has 9 nitrogen and oxygen atoms in total. The molecule has 0 aliphatic rings. The number of aromatic nitrogens is 2. The number of benzene rings is 1. The smallest absolute Gasteiger partial charge is 0.460 e. The lowest BCUT2D eigenvalue weighted by Crippen LogP contribution is -2.56. The van der Waals surface area contributed by atoms with Gasteiger partial charge in [-0.2, -0.15) is 18.3 Å². The summed E-state index contributed by atoms with van der Waals surface area (Å²) in [7, 11) is 0.995. The van der Waals surface area contributed by atoms with E-state index in [1.165, 1.54) is 6.20 Å². The minimum atomic E-state index is -5.67. The number of hydrogen-bond donors (Lipinski definition) is 2. The zero-order valence-corrected chi connectivity index (χ0v) is 13.3. The average Bonchev–Trinajstić information content (AvgIpc) is 3.04. The second-order valence-electron chi connectivity index (χ2n) is 5.42. The number of hydrogen-bond acceptors (Lipinski definition) is 7. The van der Waals surface area contributed by atoms with Crippen LogP contribution in [-0.2, 0) is 9.53 Å². The first kappa shape index (κ1) is 19.3. The van der Waals surface area contributed by atoms with Crippen molar-refractivity contribution in [1.29, 1.82) is 0 Å². The van der Waals surface area contributed by atoms with E-state index in [1.807, 2.05) is 0 Å². The zero-order chi connectivity index (χ0) is 19.9. The molecule has 26 heavy (non-hydrogen) atoms. The first-order valence-corrected chi connectivity index (χ1v) is 6.98. The zero-order valence-electron chi connectivity index (χ0n) is 13.3. The van der Waals surface area contributed by atoms with Crippen LogP contribution in [0.3, 0.4) is 0 Å². The highest BCUT2D eigenvalue weighted by atomic mass is 19.4. The maximum Gasteiger partial charge on any atom is 0.460 e. The Kier molecular flexibility index (Phi) is 4.73. The minimum Gasteiger partial charge on any atom is -0.465 e. The van der Waals surface area contributed by atoms with Crippen LogP contribution in [0.15, 0.2) is 18.3 Å². The summed E-state index contributed by atoms with van der Waals surface area (Å²) < 4.78 is 42.9. The highest BCUT2D eigenvalue weighted by molar-refractivity contribution is 5.97. The van der Waals surface area contributed by atoms with E-state index in [4.69, 9.17) is 0 Å². The number of nitro groups is 1. The molecule has 0 saturated carbocycles. The number of nitrogens with zero attached hydrogens (tertiary/aromatic N) is 2. The second-order valence-corrected chi connectivity index (χ2v) is 5.42. The minimum absolute atomic E-state index is 0.296. The molecule has 0 radical (unpaired) electrons. The van der Waals surface area contributed by atoms with Gasteiger partial charge in [-0.25, -0.2) is 4.79 Å². The number of aromatic amines is 1. The van der Waals surface area contributed by atoms with E-state index in [2.05, 4.69) is 14.9 Å². The number of esters is 1. The Balaban J connectivity index is 2.72. The molecule has 0 spiro atoms. The number of halogens is 3. The molecule has 1 heterocycles. The van der Waals surface area contributed by atoms with E-state index < -0.39 is 34.5 Å². The third kappa shape index (κ3) is 2.98. The van der Waals surface area contributed by atoms with Crippen molar-refractivity contribution in [1.82, 2.24) is 10.2 Å². The summed E-state index contributed by atoms with van der Waals surface area (Å²) in [6, 6.07) is 2.27. The molecule has 2 rings (SSSR count). The predicted octanol–water partition coefficient (Wildman–Crippen LogP) is 1.55. The van der Waals surface area contributed by atoms with Crippen LogP contribution in [0.1, 0.15) is 28.8 Å². The number of ether oxygens (including phenoxy) is 1. The van der Waals surface area contributed by atoms with E-state index in [9.17, 15) is 38.0 Å².